The molecule has 0 aromatic carbocycles. The van der Waals surface area contributed by atoms with Crippen LogP contribution in [-0.2, 0) is 11.2 Å². The molecule has 1 fully saturated rings. The van der Waals surface area contributed by atoms with Crippen molar-refractivity contribution in [3.63, 3.8) is 0 Å². The third-order valence-electron chi connectivity index (χ3n) is 3.43. The molecule has 106 valence electrons. The fraction of sp³-hybridized carbons (Fsp3) is 0.643. The maximum absolute atomic E-state index is 5.92. The Hall–Kier alpha value is -0.490. The molecule has 1 saturated heterocycles. The highest BCUT2D eigenvalue weighted by Gasteiger charge is 2.26. The number of nitrogens with one attached hydrogen (secondary N) is 1. The van der Waals surface area contributed by atoms with Gasteiger partial charge in [0, 0.05) is 41.9 Å². The van der Waals surface area contributed by atoms with Gasteiger partial charge >= 0.3 is 0 Å². The fourth-order valence-electron chi connectivity index (χ4n) is 2.40. The number of pyridine rings is 1. The minimum atomic E-state index is 0.240. The molecule has 2 atom stereocenters. The van der Waals surface area contributed by atoms with Gasteiger partial charge in [0.05, 0.1) is 12.7 Å². The summed E-state index contributed by atoms with van der Waals surface area (Å²) in [5.74, 6) is 0. The van der Waals surface area contributed by atoms with Gasteiger partial charge in [-0.25, -0.2) is 0 Å². The Morgan fingerprint density at radius 2 is 2.42 bits per heavy atom. The molecule has 2 unspecified atom stereocenters. The quantitative estimate of drug-likeness (QED) is 0.893. The van der Waals surface area contributed by atoms with Crippen LogP contribution in [-0.4, -0.2) is 55.3 Å². The molecule has 1 aliphatic heterocycles. The monoisotopic (exact) mass is 327 g/mol. The average molecular weight is 328 g/mol. The lowest BCUT2D eigenvalue weighted by atomic mass is 10.0. The van der Waals surface area contributed by atoms with Gasteiger partial charge in [-0.2, -0.15) is 0 Å². The Morgan fingerprint density at radius 3 is 3.05 bits per heavy atom. The molecule has 5 heteroatoms. The van der Waals surface area contributed by atoms with Gasteiger partial charge < -0.3 is 15.0 Å². The number of rotatable bonds is 5. The van der Waals surface area contributed by atoms with Crippen LogP contribution >= 0.6 is 15.9 Å². The first-order valence-electron chi connectivity index (χ1n) is 6.83. The van der Waals surface area contributed by atoms with Crippen molar-refractivity contribution in [3.8, 4) is 0 Å². The van der Waals surface area contributed by atoms with E-state index in [-0.39, 0.29) is 6.10 Å². The van der Waals surface area contributed by atoms with Gasteiger partial charge in [-0.15, -0.1) is 0 Å². The van der Waals surface area contributed by atoms with Crippen LogP contribution in [0.3, 0.4) is 0 Å². The molecule has 1 aliphatic rings. The first-order chi connectivity index (χ1) is 9.19. The van der Waals surface area contributed by atoms with E-state index in [1.807, 2.05) is 12.3 Å². The largest absolute Gasteiger partial charge is 0.374 e. The van der Waals surface area contributed by atoms with Gasteiger partial charge in [-0.3, -0.25) is 4.98 Å². The SMILES string of the molecule is CCNC(Cc1ccc(Br)cn1)C1CN(C)CCO1. The summed E-state index contributed by atoms with van der Waals surface area (Å²) in [7, 11) is 2.15. The third kappa shape index (κ3) is 4.53. The number of halogens is 1. The third-order valence-corrected chi connectivity index (χ3v) is 3.90. The summed E-state index contributed by atoms with van der Waals surface area (Å²) in [6.45, 7) is 5.90. The van der Waals surface area contributed by atoms with Crippen LogP contribution in [0.5, 0.6) is 0 Å². The lowest BCUT2D eigenvalue weighted by molar-refractivity contribution is -0.0383. The van der Waals surface area contributed by atoms with Gasteiger partial charge in [0.15, 0.2) is 0 Å². The van der Waals surface area contributed by atoms with Crippen LogP contribution in [0, 0.1) is 0 Å². The smallest absolute Gasteiger partial charge is 0.0858 e. The number of likely N-dealkylation sites (N-methyl/N-ethyl adjacent to an activating group) is 2. The molecular weight excluding hydrogens is 306 g/mol. The molecule has 0 radical (unpaired) electrons. The van der Waals surface area contributed by atoms with E-state index in [1.165, 1.54) is 0 Å². The molecule has 0 aliphatic carbocycles. The zero-order valence-corrected chi connectivity index (χ0v) is 13.2. The standard InChI is InChI=1S/C14H22BrN3O/c1-3-16-13(14-10-18(2)6-7-19-14)8-12-5-4-11(15)9-17-12/h4-5,9,13-14,16H,3,6-8,10H2,1-2H3. The average Bonchev–Trinajstić information content (AvgIpc) is 2.41. The van der Waals surface area contributed by atoms with Crippen molar-refractivity contribution in [2.75, 3.05) is 33.3 Å². The first kappa shape index (κ1) is 14.9. The van der Waals surface area contributed by atoms with Crippen molar-refractivity contribution < 1.29 is 4.74 Å². The molecule has 1 N–H and O–H groups in total. The molecule has 2 heterocycles. The summed E-state index contributed by atoms with van der Waals surface area (Å²) in [5.41, 5.74) is 1.10. The molecule has 19 heavy (non-hydrogen) atoms. The Morgan fingerprint density at radius 1 is 1.58 bits per heavy atom. The zero-order valence-electron chi connectivity index (χ0n) is 11.6. The second-order valence-electron chi connectivity index (χ2n) is 5.01. The topological polar surface area (TPSA) is 37.4 Å². The first-order valence-corrected chi connectivity index (χ1v) is 7.62. The predicted molar refractivity (Wildman–Crippen MR) is 80.3 cm³/mol. The molecule has 4 nitrogen and oxygen atoms in total. The number of morpholine rings is 1. The highest BCUT2D eigenvalue weighted by molar-refractivity contribution is 9.10. The minimum absolute atomic E-state index is 0.240. The van der Waals surface area contributed by atoms with Gasteiger partial charge in [0.1, 0.15) is 0 Å². The van der Waals surface area contributed by atoms with E-state index in [1.54, 1.807) is 0 Å². The summed E-state index contributed by atoms with van der Waals surface area (Å²) in [4.78, 5) is 6.79. The highest BCUT2D eigenvalue weighted by atomic mass is 79.9. The maximum Gasteiger partial charge on any atom is 0.0858 e. The predicted octanol–water partition coefficient (Wildman–Crippen LogP) is 1.70. The Bertz CT molecular complexity index is 385. The fourth-order valence-corrected chi connectivity index (χ4v) is 2.64. The van der Waals surface area contributed by atoms with Crippen molar-refractivity contribution in [1.29, 1.82) is 0 Å². The van der Waals surface area contributed by atoms with E-state index in [0.29, 0.717) is 6.04 Å². The number of nitrogens with zero attached hydrogens (tertiary/aromatic N) is 2. The van der Waals surface area contributed by atoms with Crippen LogP contribution in [0.15, 0.2) is 22.8 Å². The molecule has 1 aromatic heterocycles. The summed E-state index contributed by atoms with van der Waals surface area (Å²) < 4.78 is 6.94. The van der Waals surface area contributed by atoms with Gasteiger partial charge in [0.2, 0.25) is 0 Å². The molecule has 2 rings (SSSR count). The van der Waals surface area contributed by atoms with Gasteiger partial charge in [-0.05, 0) is 41.7 Å². The lowest BCUT2D eigenvalue weighted by Crippen LogP contribution is -2.52. The second kappa shape index (κ2) is 7.33. The summed E-state index contributed by atoms with van der Waals surface area (Å²) in [6.07, 6.45) is 3.00. The second-order valence-corrected chi connectivity index (χ2v) is 5.92. The molecular formula is C14H22BrN3O. The van der Waals surface area contributed by atoms with E-state index in [2.05, 4.69) is 51.2 Å². The van der Waals surface area contributed by atoms with Crippen LogP contribution in [0.1, 0.15) is 12.6 Å². The van der Waals surface area contributed by atoms with Crippen LogP contribution in [0.2, 0.25) is 0 Å². The molecule has 0 saturated carbocycles. The number of hydrogen-bond donors (Lipinski definition) is 1. The molecule has 1 aromatic rings. The van der Waals surface area contributed by atoms with Crippen molar-refractivity contribution >= 4 is 15.9 Å². The van der Waals surface area contributed by atoms with Crippen LogP contribution < -0.4 is 5.32 Å². The normalized spacial score (nSPS) is 22.4. The molecule has 0 bridgehead atoms. The highest BCUT2D eigenvalue weighted by Crippen LogP contribution is 2.13. The Labute approximate surface area is 123 Å². The number of ether oxygens (including phenoxy) is 1. The van der Waals surface area contributed by atoms with Crippen molar-refractivity contribution in [3.05, 3.63) is 28.5 Å². The van der Waals surface area contributed by atoms with Crippen molar-refractivity contribution in [1.82, 2.24) is 15.2 Å². The van der Waals surface area contributed by atoms with E-state index in [4.69, 9.17) is 4.74 Å². The Kier molecular flexibility index (Phi) is 5.76. The number of aromatic nitrogens is 1. The van der Waals surface area contributed by atoms with Crippen LogP contribution in [0.4, 0.5) is 0 Å². The minimum Gasteiger partial charge on any atom is -0.374 e. The van der Waals surface area contributed by atoms with Crippen molar-refractivity contribution in [2.45, 2.75) is 25.5 Å². The van der Waals surface area contributed by atoms with E-state index >= 15 is 0 Å². The number of hydrogen-bond acceptors (Lipinski definition) is 4. The van der Waals surface area contributed by atoms with E-state index < -0.39 is 0 Å². The Balaban J connectivity index is 2.00. The van der Waals surface area contributed by atoms with E-state index in [0.717, 1.165) is 42.8 Å². The van der Waals surface area contributed by atoms with Gasteiger partial charge in [0.25, 0.3) is 0 Å². The summed E-state index contributed by atoms with van der Waals surface area (Å²) >= 11 is 3.42. The van der Waals surface area contributed by atoms with E-state index in [9.17, 15) is 0 Å². The lowest BCUT2D eigenvalue weighted by Gasteiger charge is -2.35. The summed E-state index contributed by atoms with van der Waals surface area (Å²) in [5, 5.41) is 3.53. The van der Waals surface area contributed by atoms with Crippen LogP contribution in [0.25, 0.3) is 0 Å². The molecule has 0 spiro atoms. The summed E-state index contributed by atoms with van der Waals surface area (Å²) in [6, 6.07) is 4.43. The van der Waals surface area contributed by atoms with Gasteiger partial charge in [-0.1, -0.05) is 6.92 Å². The zero-order chi connectivity index (χ0) is 13.7. The maximum atomic E-state index is 5.92. The molecule has 0 amide bonds. The van der Waals surface area contributed by atoms with Crippen molar-refractivity contribution in [2.24, 2.45) is 0 Å².